The van der Waals surface area contributed by atoms with E-state index in [1.807, 2.05) is 0 Å². The van der Waals surface area contributed by atoms with Crippen molar-refractivity contribution < 1.29 is 4.79 Å². The number of nitrogens with one attached hydrogen (secondary N) is 1. The Balaban J connectivity index is 1.32. The zero-order valence-electron chi connectivity index (χ0n) is 19.1. The molecule has 1 aromatic heterocycles. The monoisotopic (exact) mass is 421 g/mol. The number of piperidine rings is 2. The van der Waals surface area contributed by atoms with Gasteiger partial charge in [0.2, 0.25) is 5.91 Å². The Morgan fingerprint density at radius 1 is 0.968 bits per heavy atom. The standard InChI is InChI=1S/C25H35N5O/c1-18-10-13-29(14-11-18)23-8-9-24(28-27-23)30-12-4-5-22(17-30)25(31)26-16-21-7-6-19(2)20(3)15-21/h6-9,15,18,22H,4-5,10-14,16-17H2,1-3H3,(H,26,31)/t22-/m1/s1. The van der Waals surface area contributed by atoms with Crippen molar-refractivity contribution in [3.8, 4) is 0 Å². The second kappa shape index (κ2) is 9.67. The lowest BCUT2D eigenvalue weighted by Gasteiger charge is -2.33. The highest BCUT2D eigenvalue weighted by Gasteiger charge is 2.27. The summed E-state index contributed by atoms with van der Waals surface area (Å²) in [6, 6.07) is 10.5. The van der Waals surface area contributed by atoms with Gasteiger partial charge in [0.1, 0.15) is 0 Å². The number of carbonyl (C=O) groups excluding carboxylic acids is 1. The van der Waals surface area contributed by atoms with Crippen LogP contribution in [0.25, 0.3) is 0 Å². The lowest BCUT2D eigenvalue weighted by Crippen LogP contribution is -2.43. The SMILES string of the molecule is Cc1ccc(CNC(=O)[C@@H]2CCCN(c3ccc(N4CCC(C)CC4)nn3)C2)cc1C. The van der Waals surface area contributed by atoms with E-state index in [1.165, 1.54) is 24.0 Å². The van der Waals surface area contributed by atoms with E-state index in [1.54, 1.807) is 0 Å². The quantitative estimate of drug-likeness (QED) is 0.794. The molecule has 2 aliphatic rings. The van der Waals surface area contributed by atoms with E-state index in [9.17, 15) is 4.79 Å². The van der Waals surface area contributed by atoms with Crippen LogP contribution >= 0.6 is 0 Å². The molecule has 1 aromatic carbocycles. The fourth-order valence-electron chi connectivity index (χ4n) is 4.54. The van der Waals surface area contributed by atoms with Crippen molar-refractivity contribution in [1.29, 1.82) is 0 Å². The van der Waals surface area contributed by atoms with E-state index in [0.717, 1.165) is 55.6 Å². The van der Waals surface area contributed by atoms with Gasteiger partial charge >= 0.3 is 0 Å². The van der Waals surface area contributed by atoms with E-state index in [-0.39, 0.29) is 11.8 Å². The Kier molecular flexibility index (Phi) is 6.73. The van der Waals surface area contributed by atoms with Crippen LogP contribution in [0.1, 0.15) is 49.3 Å². The number of amides is 1. The van der Waals surface area contributed by atoms with Gasteiger partial charge in [-0.15, -0.1) is 10.2 Å². The highest BCUT2D eigenvalue weighted by Crippen LogP contribution is 2.25. The van der Waals surface area contributed by atoms with Crippen LogP contribution in [0.4, 0.5) is 11.6 Å². The Morgan fingerprint density at radius 3 is 2.35 bits per heavy atom. The summed E-state index contributed by atoms with van der Waals surface area (Å²) in [5.41, 5.74) is 3.69. The maximum absolute atomic E-state index is 12.8. The number of aryl methyl sites for hydroxylation is 2. The number of hydrogen-bond donors (Lipinski definition) is 1. The van der Waals surface area contributed by atoms with Crippen molar-refractivity contribution in [1.82, 2.24) is 15.5 Å². The van der Waals surface area contributed by atoms with Gasteiger partial charge in [-0.1, -0.05) is 25.1 Å². The molecule has 1 amide bonds. The maximum atomic E-state index is 12.8. The van der Waals surface area contributed by atoms with Gasteiger partial charge in [-0.25, -0.2) is 0 Å². The molecule has 2 aliphatic heterocycles. The predicted octanol–water partition coefficient (Wildman–Crippen LogP) is 3.86. The normalized spacial score (nSPS) is 20.0. The predicted molar refractivity (Wildman–Crippen MR) is 125 cm³/mol. The first-order valence-corrected chi connectivity index (χ1v) is 11.7. The minimum absolute atomic E-state index is 0.00893. The number of rotatable bonds is 5. The van der Waals surface area contributed by atoms with Crippen molar-refractivity contribution in [2.75, 3.05) is 36.0 Å². The topological polar surface area (TPSA) is 61.4 Å². The zero-order chi connectivity index (χ0) is 21.8. The molecule has 2 aromatic rings. The molecule has 6 heteroatoms. The third-order valence-electron chi connectivity index (χ3n) is 6.90. The molecule has 1 atom stereocenters. The first kappa shape index (κ1) is 21.6. The van der Waals surface area contributed by atoms with Crippen LogP contribution in [0.5, 0.6) is 0 Å². The smallest absolute Gasteiger partial charge is 0.225 e. The number of anilines is 2. The molecule has 6 nitrogen and oxygen atoms in total. The molecular formula is C25H35N5O. The third kappa shape index (κ3) is 5.35. The van der Waals surface area contributed by atoms with Crippen LogP contribution in [0.3, 0.4) is 0 Å². The number of hydrogen-bond acceptors (Lipinski definition) is 5. The van der Waals surface area contributed by atoms with Crippen molar-refractivity contribution >= 4 is 17.5 Å². The number of benzene rings is 1. The summed E-state index contributed by atoms with van der Waals surface area (Å²) in [5, 5.41) is 12.1. The fraction of sp³-hybridized carbons (Fsp3) is 0.560. The summed E-state index contributed by atoms with van der Waals surface area (Å²) in [4.78, 5) is 17.3. The molecule has 0 saturated carbocycles. The molecule has 1 N–H and O–H groups in total. The number of carbonyl (C=O) groups is 1. The molecule has 0 aliphatic carbocycles. The minimum Gasteiger partial charge on any atom is -0.355 e. The van der Waals surface area contributed by atoms with E-state index in [0.29, 0.717) is 13.1 Å². The van der Waals surface area contributed by atoms with Gasteiger partial charge in [0.25, 0.3) is 0 Å². The molecule has 3 heterocycles. The largest absolute Gasteiger partial charge is 0.355 e. The van der Waals surface area contributed by atoms with Crippen molar-refractivity contribution in [2.45, 2.75) is 53.0 Å². The highest BCUT2D eigenvalue weighted by atomic mass is 16.1. The Labute approximate surface area is 186 Å². The Hall–Kier alpha value is -2.63. The van der Waals surface area contributed by atoms with Crippen LogP contribution in [0, 0.1) is 25.7 Å². The summed E-state index contributed by atoms with van der Waals surface area (Å²) in [5.74, 6) is 2.77. The Bertz CT molecular complexity index is 889. The Morgan fingerprint density at radius 2 is 1.68 bits per heavy atom. The lowest BCUT2D eigenvalue weighted by molar-refractivity contribution is -0.125. The molecule has 2 fully saturated rings. The van der Waals surface area contributed by atoms with Crippen LogP contribution in [-0.4, -0.2) is 42.3 Å². The van der Waals surface area contributed by atoms with E-state index in [4.69, 9.17) is 0 Å². The molecular weight excluding hydrogens is 386 g/mol. The van der Waals surface area contributed by atoms with Gasteiger partial charge in [-0.3, -0.25) is 4.79 Å². The van der Waals surface area contributed by atoms with Gasteiger partial charge < -0.3 is 15.1 Å². The molecule has 166 valence electrons. The third-order valence-corrected chi connectivity index (χ3v) is 6.90. The maximum Gasteiger partial charge on any atom is 0.225 e. The van der Waals surface area contributed by atoms with E-state index >= 15 is 0 Å². The van der Waals surface area contributed by atoms with Gasteiger partial charge in [-0.2, -0.15) is 0 Å². The van der Waals surface area contributed by atoms with Crippen molar-refractivity contribution in [2.24, 2.45) is 11.8 Å². The molecule has 31 heavy (non-hydrogen) atoms. The van der Waals surface area contributed by atoms with Crippen molar-refractivity contribution in [3.63, 3.8) is 0 Å². The van der Waals surface area contributed by atoms with E-state index in [2.05, 4.69) is 76.4 Å². The average Bonchev–Trinajstić information content (AvgIpc) is 2.80. The summed E-state index contributed by atoms with van der Waals surface area (Å²) in [6.07, 6.45) is 4.35. The minimum atomic E-state index is -0.00893. The summed E-state index contributed by atoms with van der Waals surface area (Å²) in [6.45, 7) is 10.9. The average molecular weight is 422 g/mol. The van der Waals surface area contributed by atoms with Gasteiger partial charge in [0, 0.05) is 32.7 Å². The molecule has 0 radical (unpaired) electrons. The first-order valence-electron chi connectivity index (χ1n) is 11.7. The fourth-order valence-corrected chi connectivity index (χ4v) is 4.54. The van der Waals surface area contributed by atoms with Gasteiger partial charge in [0.05, 0.1) is 5.92 Å². The molecule has 0 unspecified atom stereocenters. The van der Waals surface area contributed by atoms with Crippen LogP contribution in [-0.2, 0) is 11.3 Å². The number of nitrogens with zero attached hydrogens (tertiary/aromatic N) is 4. The van der Waals surface area contributed by atoms with E-state index < -0.39 is 0 Å². The second-order valence-corrected chi connectivity index (χ2v) is 9.34. The zero-order valence-corrected chi connectivity index (χ0v) is 19.1. The molecule has 0 spiro atoms. The van der Waals surface area contributed by atoms with Crippen LogP contribution < -0.4 is 15.1 Å². The summed E-state index contributed by atoms with van der Waals surface area (Å²) >= 11 is 0. The molecule has 4 rings (SSSR count). The van der Waals surface area contributed by atoms with Gasteiger partial charge in [-0.05, 0) is 74.3 Å². The lowest BCUT2D eigenvalue weighted by atomic mass is 9.97. The van der Waals surface area contributed by atoms with Crippen LogP contribution in [0.15, 0.2) is 30.3 Å². The molecule has 0 bridgehead atoms. The molecule has 2 saturated heterocycles. The highest BCUT2D eigenvalue weighted by molar-refractivity contribution is 5.79. The summed E-state index contributed by atoms with van der Waals surface area (Å²) < 4.78 is 0. The van der Waals surface area contributed by atoms with Crippen LogP contribution in [0.2, 0.25) is 0 Å². The summed E-state index contributed by atoms with van der Waals surface area (Å²) in [7, 11) is 0. The second-order valence-electron chi connectivity index (χ2n) is 9.34. The number of aromatic nitrogens is 2. The first-order chi connectivity index (χ1) is 15.0. The van der Waals surface area contributed by atoms with Gasteiger partial charge in [0.15, 0.2) is 11.6 Å². The van der Waals surface area contributed by atoms with Crippen molar-refractivity contribution in [3.05, 3.63) is 47.0 Å².